The monoisotopic (exact) mass is 169 g/mol. The van der Waals surface area contributed by atoms with Crippen LogP contribution in [0.25, 0.3) is 0 Å². The highest BCUT2D eigenvalue weighted by Gasteiger charge is 2.06. The fourth-order valence-corrected chi connectivity index (χ4v) is 0.807. The molecule has 2 N–H and O–H groups in total. The highest BCUT2D eigenvalue weighted by atomic mass is 16.5. The molecular weight excluding hydrogens is 158 g/mol. The Morgan fingerprint density at radius 1 is 1.83 bits per heavy atom. The van der Waals surface area contributed by atoms with Gasteiger partial charge in [0.15, 0.2) is 0 Å². The molecule has 66 valence electrons. The third-order valence-electron chi connectivity index (χ3n) is 1.65. The highest BCUT2D eigenvalue weighted by Crippen LogP contribution is 2.07. The summed E-state index contributed by atoms with van der Waals surface area (Å²) in [6, 6.07) is 0. The third kappa shape index (κ3) is 1.55. The molecule has 0 bridgehead atoms. The first-order chi connectivity index (χ1) is 5.65. The van der Waals surface area contributed by atoms with Crippen molar-refractivity contribution in [2.24, 2.45) is 0 Å². The van der Waals surface area contributed by atoms with Gasteiger partial charge in [-0.1, -0.05) is 0 Å². The Balaban J connectivity index is 2.76. The number of rotatable bonds is 2. The quantitative estimate of drug-likeness (QED) is 0.630. The van der Waals surface area contributed by atoms with Crippen molar-refractivity contribution < 1.29 is 9.53 Å². The Hall–Kier alpha value is -1.52. The number of ether oxygens (including phenoxy) is 1. The zero-order valence-corrected chi connectivity index (χ0v) is 7.07. The number of nitrogens with zero attached hydrogens (tertiary/aromatic N) is 2. The molecule has 0 spiro atoms. The highest BCUT2D eigenvalue weighted by molar-refractivity contribution is 5.69. The first kappa shape index (κ1) is 8.58. The minimum atomic E-state index is -0.332. The van der Waals surface area contributed by atoms with E-state index in [0.717, 1.165) is 5.69 Å². The number of esters is 1. The van der Waals surface area contributed by atoms with Gasteiger partial charge in [0.25, 0.3) is 0 Å². The number of nitrogens with two attached hydrogens (primary N) is 1. The SMILES string of the molecule is COC(=O)Cn1ncc(N)c1C. The van der Waals surface area contributed by atoms with Crippen LogP contribution >= 0.6 is 0 Å². The maximum atomic E-state index is 10.8. The lowest BCUT2D eigenvalue weighted by Gasteiger charge is -2.01. The molecule has 0 aromatic carbocycles. The molecule has 0 amide bonds. The van der Waals surface area contributed by atoms with Gasteiger partial charge >= 0.3 is 5.97 Å². The van der Waals surface area contributed by atoms with Crippen LogP contribution in [0, 0.1) is 6.92 Å². The van der Waals surface area contributed by atoms with Gasteiger partial charge in [-0.15, -0.1) is 0 Å². The van der Waals surface area contributed by atoms with Crippen LogP contribution in [0.1, 0.15) is 5.69 Å². The third-order valence-corrected chi connectivity index (χ3v) is 1.65. The van der Waals surface area contributed by atoms with Crippen molar-refractivity contribution in [2.45, 2.75) is 13.5 Å². The van der Waals surface area contributed by atoms with Gasteiger partial charge in [0.2, 0.25) is 0 Å². The summed E-state index contributed by atoms with van der Waals surface area (Å²) in [7, 11) is 1.34. The van der Waals surface area contributed by atoms with Crippen LogP contribution < -0.4 is 5.73 Å². The maximum absolute atomic E-state index is 10.8. The van der Waals surface area contributed by atoms with Gasteiger partial charge in [0, 0.05) is 0 Å². The van der Waals surface area contributed by atoms with Crippen LogP contribution in [0.2, 0.25) is 0 Å². The number of hydrogen-bond acceptors (Lipinski definition) is 4. The smallest absolute Gasteiger partial charge is 0.327 e. The molecule has 1 aromatic rings. The number of carbonyl (C=O) groups excluding carboxylic acids is 1. The second-order valence-electron chi connectivity index (χ2n) is 2.42. The van der Waals surface area contributed by atoms with Gasteiger partial charge in [-0.25, -0.2) is 0 Å². The summed E-state index contributed by atoms with van der Waals surface area (Å²) in [4.78, 5) is 10.8. The minimum Gasteiger partial charge on any atom is -0.468 e. The molecule has 1 heterocycles. The van der Waals surface area contributed by atoms with Gasteiger partial charge in [-0.2, -0.15) is 5.10 Å². The Morgan fingerprint density at radius 3 is 2.92 bits per heavy atom. The molecule has 0 unspecified atom stereocenters. The van der Waals surface area contributed by atoms with Gasteiger partial charge in [0.1, 0.15) is 6.54 Å². The molecule has 0 radical (unpaired) electrons. The Morgan fingerprint density at radius 2 is 2.50 bits per heavy atom. The predicted octanol–water partition coefficient (Wildman–Crippen LogP) is -0.0533. The lowest BCUT2D eigenvalue weighted by molar-refractivity contribution is -0.141. The largest absolute Gasteiger partial charge is 0.468 e. The zero-order chi connectivity index (χ0) is 9.14. The molecule has 5 nitrogen and oxygen atoms in total. The lowest BCUT2D eigenvalue weighted by Crippen LogP contribution is -2.13. The summed E-state index contributed by atoms with van der Waals surface area (Å²) in [6.45, 7) is 1.91. The van der Waals surface area contributed by atoms with E-state index in [1.807, 2.05) is 0 Å². The van der Waals surface area contributed by atoms with Crippen molar-refractivity contribution in [3.05, 3.63) is 11.9 Å². The Labute approximate surface area is 70.1 Å². The molecule has 0 saturated heterocycles. The summed E-state index contributed by atoms with van der Waals surface area (Å²) >= 11 is 0. The molecule has 5 heteroatoms. The average Bonchev–Trinajstić information content (AvgIpc) is 2.36. The second kappa shape index (κ2) is 3.25. The fraction of sp³-hybridized carbons (Fsp3) is 0.429. The standard InChI is InChI=1S/C7H11N3O2/c1-5-6(8)3-9-10(5)4-7(11)12-2/h3H,4,8H2,1-2H3. The number of nitrogen functional groups attached to an aromatic ring is 1. The molecule has 0 aliphatic carbocycles. The van der Waals surface area contributed by atoms with Gasteiger partial charge in [-0.05, 0) is 6.92 Å². The van der Waals surface area contributed by atoms with Crippen molar-refractivity contribution in [1.29, 1.82) is 0 Å². The fourth-order valence-electron chi connectivity index (χ4n) is 0.807. The van der Waals surface area contributed by atoms with Crippen molar-refractivity contribution in [2.75, 3.05) is 12.8 Å². The van der Waals surface area contributed by atoms with Gasteiger partial charge < -0.3 is 10.5 Å². The van der Waals surface area contributed by atoms with E-state index in [-0.39, 0.29) is 12.5 Å². The molecule has 0 atom stereocenters. The van der Waals surface area contributed by atoms with Crippen LogP contribution in [-0.2, 0) is 16.1 Å². The van der Waals surface area contributed by atoms with E-state index in [1.165, 1.54) is 18.0 Å². The van der Waals surface area contributed by atoms with E-state index < -0.39 is 0 Å². The lowest BCUT2D eigenvalue weighted by atomic mass is 10.4. The Kier molecular flexibility index (Phi) is 2.32. The normalized spacial score (nSPS) is 9.83. The summed E-state index contributed by atoms with van der Waals surface area (Å²) in [5.74, 6) is -0.332. The second-order valence-corrected chi connectivity index (χ2v) is 2.42. The van der Waals surface area contributed by atoms with E-state index in [4.69, 9.17) is 5.73 Å². The first-order valence-corrected chi connectivity index (χ1v) is 3.50. The molecule has 12 heavy (non-hydrogen) atoms. The number of carbonyl (C=O) groups is 1. The molecule has 0 aliphatic rings. The predicted molar refractivity (Wildman–Crippen MR) is 43.4 cm³/mol. The molecule has 0 aliphatic heterocycles. The summed E-state index contributed by atoms with van der Waals surface area (Å²) in [5, 5.41) is 3.89. The van der Waals surface area contributed by atoms with Crippen molar-refractivity contribution >= 4 is 11.7 Å². The zero-order valence-electron chi connectivity index (χ0n) is 7.07. The summed E-state index contributed by atoms with van der Waals surface area (Å²) < 4.78 is 5.98. The van der Waals surface area contributed by atoms with Crippen molar-refractivity contribution in [3.63, 3.8) is 0 Å². The van der Waals surface area contributed by atoms with E-state index in [2.05, 4.69) is 9.84 Å². The average molecular weight is 169 g/mol. The maximum Gasteiger partial charge on any atom is 0.327 e. The van der Waals surface area contributed by atoms with Crippen molar-refractivity contribution in [3.8, 4) is 0 Å². The van der Waals surface area contributed by atoms with E-state index >= 15 is 0 Å². The summed E-state index contributed by atoms with van der Waals surface area (Å²) in [6.07, 6.45) is 1.51. The number of methoxy groups -OCH3 is 1. The van der Waals surface area contributed by atoms with E-state index in [0.29, 0.717) is 5.69 Å². The molecule has 1 aromatic heterocycles. The molecule has 1 rings (SSSR count). The van der Waals surface area contributed by atoms with Gasteiger partial charge in [0.05, 0.1) is 24.7 Å². The van der Waals surface area contributed by atoms with Crippen molar-refractivity contribution in [1.82, 2.24) is 9.78 Å². The van der Waals surface area contributed by atoms with Crippen LogP contribution in [-0.4, -0.2) is 22.9 Å². The topological polar surface area (TPSA) is 70.1 Å². The van der Waals surface area contributed by atoms with Crippen LogP contribution in [0.3, 0.4) is 0 Å². The summed E-state index contributed by atoms with van der Waals surface area (Å²) in [5.41, 5.74) is 6.88. The van der Waals surface area contributed by atoms with Crippen LogP contribution in [0.15, 0.2) is 6.20 Å². The molecule has 0 saturated carbocycles. The number of anilines is 1. The van der Waals surface area contributed by atoms with Gasteiger partial charge in [-0.3, -0.25) is 9.48 Å². The van der Waals surface area contributed by atoms with E-state index in [1.54, 1.807) is 6.92 Å². The minimum absolute atomic E-state index is 0.111. The van der Waals surface area contributed by atoms with E-state index in [9.17, 15) is 4.79 Å². The number of hydrogen-bond donors (Lipinski definition) is 1. The Bertz CT molecular complexity index is 293. The first-order valence-electron chi connectivity index (χ1n) is 3.50. The van der Waals surface area contributed by atoms with Crippen LogP contribution in [0.5, 0.6) is 0 Å². The molecule has 0 fully saturated rings. The van der Waals surface area contributed by atoms with Crippen LogP contribution in [0.4, 0.5) is 5.69 Å². The number of aromatic nitrogens is 2. The molecular formula is C7H11N3O2.